The normalized spacial score (nSPS) is 28.2. The van der Waals surface area contributed by atoms with Gasteiger partial charge in [-0.05, 0) is 44.6 Å². The fourth-order valence-electron chi connectivity index (χ4n) is 3.55. The van der Waals surface area contributed by atoms with E-state index in [0.29, 0.717) is 6.04 Å². The van der Waals surface area contributed by atoms with Gasteiger partial charge < -0.3 is 9.88 Å². The zero-order valence-corrected chi connectivity index (χ0v) is 10.4. The average molecular weight is 232 g/mol. The Kier molecular flexibility index (Phi) is 2.69. The number of amides is 1. The molecule has 3 heteroatoms. The minimum Gasteiger partial charge on any atom is -0.365 e. The van der Waals surface area contributed by atoms with Gasteiger partial charge in [0.15, 0.2) is 0 Å². The van der Waals surface area contributed by atoms with Gasteiger partial charge >= 0.3 is 0 Å². The highest BCUT2D eigenvalue weighted by Gasteiger charge is 2.37. The van der Waals surface area contributed by atoms with Gasteiger partial charge in [-0.25, -0.2) is 0 Å². The predicted octanol–water partition coefficient (Wildman–Crippen LogP) is 2.73. The zero-order chi connectivity index (χ0) is 11.8. The maximum absolute atomic E-state index is 12.5. The number of aromatic amines is 1. The Bertz CT molecular complexity index is 424. The summed E-state index contributed by atoms with van der Waals surface area (Å²) in [6.07, 6.45) is 8.18. The molecule has 2 heterocycles. The van der Waals surface area contributed by atoms with Gasteiger partial charge in [0.1, 0.15) is 0 Å². The van der Waals surface area contributed by atoms with E-state index in [4.69, 9.17) is 0 Å². The number of H-pyrrole nitrogens is 1. The highest BCUT2D eigenvalue weighted by atomic mass is 16.2. The van der Waals surface area contributed by atoms with Crippen molar-refractivity contribution < 1.29 is 4.79 Å². The first-order chi connectivity index (χ1) is 8.27. The number of fused-ring (bicyclic) bond motifs is 1. The van der Waals surface area contributed by atoms with E-state index in [-0.39, 0.29) is 5.91 Å². The molecule has 1 amide bonds. The Hall–Kier alpha value is -1.25. The van der Waals surface area contributed by atoms with Crippen molar-refractivity contribution in [3.05, 3.63) is 23.5 Å². The van der Waals surface area contributed by atoms with Crippen molar-refractivity contribution in [2.75, 3.05) is 6.54 Å². The van der Waals surface area contributed by atoms with Crippen LogP contribution in [0.15, 0.2) is 12.3 Å². The largest absolute Gasteiger partial charge is 0.365 e. The summed E-state index contributed by atoms with van der Waals surface area (Å²) in [7, 11) is 0. The maximum Gasteiger partial charge on any atom is 0.255 e. The predicted molar refractivity (Wildman–Crippen MR) is 66.9 cm³/mol. The summed E-state index contributed by atoms with van der Waals surface area (Å²) in [4.78, 5) is 17.8. The van der Waals surface area contributed by atoms with Crippen LogP contribution >= 0.6 is 0 Å². The van der Waals surface area contributed by atoms with E-state index in [1.165, 1.54) is 32.1 Å². The SMILES string of the molecule is Cc1[nH]ccc1C(=O)N1CCCC2CCCC21. The molecule has 1 saturated heterocycles. The van der Waals surface area contributed by atoms with Crippen molar-refractivity contribution in [1.82, 2.24) is 9.88 Å². The van der Waals surface area contributed by atoms with E-state index >= 15 is 0 Å². The molecule has 1 N–H and O–H groups in total. The fourth-order valence-corrected chi connectivity index (χ4v) is 3.55. The third-order valence-corrected chi connectivity index (χ3v) is 4.44. The van der Waals surface area contributed by atoms with Crippen molar-refractivity contribution in [2.45, 2.75) is 45.1 Å². The summed E-state index contributed by atoms with van der Waals surface area (Å²) in [6.45, 7) is 2.92. The van der Waals surface area contributed by atoms with Gasteiger partial charge in [-0.15, -0.1) is 0 Å². The molecule has 3 rings (SSSR count). The average Bonchev–Trinajstić information content (AvgIpc) is 2.95. The molecule has 0 aromatic carbocycles. The monoisotopic (exact) mass is 232 g/mol. The number of nitrogens with zero attached hydrogens (tertiary/aromatic N) is 1. The molecule has 3 nitrogen and oxygen atoms in total. The molecule has 1 aliphatic carbocycles. The van der Waals surface area contributed by atoms with Gasteiger partial charge in [0.25, 0.3) is 5.91 Å². The van der Waals surface area contributed by atoms with E-state index in [0.717, 1.165) is 23.7 Å². The maximum atomic E-state index is 12.5. The van der Waals surface area contributed by atoms with Crippen LogP contribution in [0.3, 0.4) is 0 Å². The molecule has 2 aliphatic rings. The third-order valence-electron chi connectivity index (χ3n) is 4.44. The molecule has 17 heavy (non-hydrogen) atoms. The highest BCUT2D eigenvalue weighted by molar-refractivity contribution is 5.95. The number of aromatic nitrogens is 1. The van der Waals surface area contributed by atoms with E-state index in [9.17, 15) is 4.79 Å². The van der Waals surface area contributed by atoms with Gasteiger partial charge in [-0.1, -0.05) is 6.42 Å². The number of likely N-dealkylation sites (tertiary alicyclic amines) is 1. The van der Waals surface area contributed by atoms with Crippen LogP contribution in [0.25, 0.3) is 0 Å². The lowest BCUT2D eigenvalue weighted by atomic mass is 9.91. The van der Waals surface area contributed by atoms with Crippen LogP contribution in [0.5, 0.6) is 0 Å². The molecule has 1 saturated carbocycles. The zero-order valence-electron chi connectivity index (χ0n) is 10.4. The summed E-state index contributed by atoms with van der Waals surface area (Å²) >= 11 is 0. The third kappa shape index (κ3) is 1.78. The van der Waals surface area contributed by atoms with Crippen LogP contribution < -0.4 is 0 Å². The molecule has 2 unspecified atom stereocenters. The number of piperidine rings is 1. The molecule has 0 radical (unpaired) electrons. The second-order valence-electron chi connectivity index (χ2n) is 5.42. The van der Waals surface area contributed by atoms with Gasteiger partial charge in [0.2, 0.25) is 0 Å². The van der Waals surface area contributed by atoms with E-state index in [2.05, 4.69) is 9.88 Å². The Morgan fingerprint density at radius 2 is 2.18 bits per heavy atom. The second-order valence-corrected chi connectivity index (χ2v) is 5.42. The lowest BCUT2D eigenvalue weighted by Crippen LogP contribution is -2.46. The minimum absolute atomic E-state index is 0.236. The van der Waals surface area contributed by atoms with Crippen molar-refractivity contribution in [3.8, 4) is 0 Å². The molecule has 1 aromatic heterocycles. The Morgan fingerprint density at radius 3 is 2.94 bits per heavy atom. The number of rotatable bonds is 1. The number of hydrogen-bond donors (Lipinski definition) is 1. The summed E-state index contributed by atoms with van der Waals surface area (Å²) in [6, 6.07) is 2.43. The standard InChI is InChI=1S/C14H20N2O/c1-10-12(7-8-15-10)14(17)16-9-3-5-11-4-2-6-13(11)16/h7-8,11,13,15H,2-6,9H2,1H3. The molecular formula is C14H20N2O. The number of aryl methyl sites for hydroxylation is 1. The number of hydrogen-bond acceptors (Lipinski definition) is 1. The van der Waals surface area contributed by atoms with Crippen LogP contribution in [0.1, 0.15) is 48.2 Å². The Morgan fingerprint density at radius 1 is 1.35 bits per heavy atom. The molecule has 2 fully saturated rings. The van der Waals surface area contributed by atoms with E-state index in [1.807, 2.05) is 19.2 Å². The summed E-state index contributed by atoms with van der Waals surface area (Å²) in [5.74, 6) is 1.01. The van der Waals surface area contributed by atoms with E-state index < -0.39 is 0 Å². The lowest BCUT2D eigenvalue weighted by molar-refractivity contribution is 0.0548. The minimum atomic E-state index is 0.236. The molecule has 1 aromatic rings. The first kappa shape index (κ1) is 10.9. The van der Waals surface area contributed by atoms with Crippen molar-refractivity contribution in [2.24, 2.45) is 5.92 Å². The van der Waals surface area contributed by atoms with Crippen molar-refractivity contribution in [1.29, 1.82) is 0 Å². The van der Waals surface area contributed by atoms with Gasteiger partial charge in [-0.2, -0.15) is 0 Å². The first-order valence-corrected chi connectivity index (χ1v) is 6.72. The van der Waals surface area contributed by atoms with Crippen LogP contribution in [0.2, 0.25) is 0 Å². The second kappa shape index (κ2) is 4.21. The summed E-state index contributed by atoms with van der Waals surface area (Å²) < 4.78 is 0. The number of carbonyl (C=O) groups excluding carboxylic acids is 1. The van der Waals surface area contributed by atoms with E-state index in [1.54, 1.807) is 0 Å². The van der Waals surface area contributed by atoms with Crippen LogP contribution in [0.4, 0.5) is 0 Å². The van der Waals surface area contributed by atoms with Gasteiger partial charge in [0.05, 0.1) is 5.56 Å². The van der Waals surface area contributed by atoms with Crippen molar-refractivity contribution in [3.63, 3.8) is 0 Å². The molecular weight excluding hydrogens is 212 g/mol. The first-order valence-electron chi connectivity index (χ1n) is 6.72. The molecule has 2 atom stereocenters. The number of carbonyl (C=O) groups is 1. The fraction of sp³-hybridized carbons (Fsp3) is 0.643. The molecule has 1 aliphatic heterocycles. The molecule has 92 valence electrons. The molecule has 0 spiro atoms. The van der Waals surface area contributed by atoms with Crippen molar-refractivity contribution >= 4 is 5.91 Å². The Labute approximate surface area is 102 Å². The van der Waals surface area contributed by atoms with Crippen LogP contribution in [0, 0.1) is 12.8 Å². The van der Waals surface area contributed by atoms with Gasteiger partial charge in [-0.3, -0.25) is 4.79 Å². The summed E-state index contributed by atoms with van der Waals surface area (Å²) in [5, 5.41) is 0. The summed E-state index contributed by atoms with van der Waals surface area (Å²) in [5.41, 5.74) is 1.85. The number of nitrogens with one attached hydrogen (secondary N) is 1. The van der Waals surface area contributed by atoms with Gasteiger partial charge in [0, 0.05) is 24.5 Å². The van der Waals surface area contributed by atoms with Crippen LogP contribution in [-0.4, -0.2) is 28.4 Å². The Balaban J connectivity index is 1.83. The highest BCUT2D eigenvalue weighted by Crippen LogP contribution is 2.37. The van der Waals surface area contributed by atoms with Crippen LogP contribution in [-0.2, 0) is 0 Å². The quantitative estimate of drug-likeness (QED) is 0.794. The lowest BCUT2D eigenvalue weighted by Gasteiger charge is -2.37. The topological polar surface area (TPSA) is 36.1 Å². The smallest absolute Gasteiger partial charge is 0.255 e. The molecule has 0 bridgehead atoms.